The van der Waals surface area contributed by atoms with Gasteiger partial charge in [0, 0.05) is 17.1 Å². The first-order chi connectivity index (χ1) is 6.33. The maximum atomic E-state index is 9.70. The molecule has 0 unspecified atom stereocenters. The van der Waals surface area contributed by atoms with Gasteiger partial charge in [0.15, 0.2) is 0 Å². The summed E-state index contributed by atoms with van der Waals surface area (Å²) in [7, 11) is 0. The van der Waals surface area contributed by atoms with Crippen LogP contribution in [-0.2, 0) is 5.88 Å². The molecule has 0 aliphatic heterocycles. The number of aromatic nitrogens is 1. The van der Waals surface area contributed by atoms with E-state index in [1.807, 2.05) is 24.3 Å². The maximum absolute atomic E-state index is 9.70. The highest BCUT2D eigenvalue weighted by Crippen LogP contribution is 2.27. The first-order valence-electron chi connectivity index (χ1n) is 3.94. The Hall–Kier alpha value is -1.28. The zero-order valence-corrected chi connectivity index (χ0v) is 7.62. The molecule has 0 aliphatic rings. The zero-order valence-electron chi connectivity index (χ0n) is 6.87. The number of halogens is 1. The van der Waals surface area contributed by atoms with E-state index in [1.54, 1.807) is 6.20 Å². The number of phenols is 1. The second kappa shape index (κ2) is 3.23. The van der Waals surface area contributed by atoms with Crippen molar-refractivity contribution in [2.45, 2.75) is 5.88 Å². The number of phenolic OH excluding ortho intramolecular Hbond substituents is 1. The van der Waals surface area contributed by atoms with Crippen LogP contribution in [0, 0.1) is 0 Å². The molecule has 0 amide bonds. The van der Waals surface area contributed by atoms with Gasteiger partial charge in [0.05, 0.1) is 5.88 Å². The summed E-state index contributed by atoms with van der Waals surface area (Å²) in [5.41, 5.74) is 1.33. The van der Waals surface area contributed by atoms with Crippen LogP contribution >= 0.6 is 11.6 Å². The maximum Gasteiger partial charge on any atom is 0.146 e. The zero-order chi connectivity index (χ0) is 9.26. The highest BCUT2D eigenvalue weighted by atomic mass is 35.5. The van der Waals surface area contributed by atoms with Crippen LogP contribution in [0.2, 0.25) is 0 Å². The predicted octanol–water partition coefficient (Wildman–Crippen LogP) is 2.68. The lowest BCUT2D eigenvalue weighted by Crippen LogP contribution is -1.84. The van der Waals surface area contributed by atoms with Gasteiger partial charge < -0.3 is 5.11 Å². The Morgan fingerprint density at radius 3 is 2.92 bits per heavy atom. The van der Waals surface area contributed by atoms with Crippen molar-refractivity contribution in [2.24, 2.45) is 0 Å². The van der Waals surface area contributed by atoms with Gasteiger partial charge in [-0.3, -0.25) is 4.98 Å². The number of hydrogen-bond donors (Lipinski definition) is 1. The molecule has 2 rings (SSSR count). The van der Waals surface area contributed by atoms with Crippen molar-refractivity contribution in [3.05, 3.63) is 36.0 Å². The lowest BCUT2D eigenvalue weighted by atomic mass is 10.1. The molecule has 1 aromatic carbocycles. The summed E-state index contributed by atoms with van der Waals surface area (Å²) in [5, 5.41) is 10.6. The Balaban J connectivity index is 2.79. The largest absolute Gasteiger partial charge is 0.505 e. The number of pyridine rings is 1. The summed E-state index contributed by atoms with van der Waals surface area (Å²) < 4.78 is 0. The molecule has 3 heteroatoms. The molecule has 0 spiro atoms. The van der Waals surface area contributed by atoms with Crippen LogP contribution in [0.15, 0.2) is 30.5 Å². The number of fused-ring (bicyclic) bond motifs is 1. The fourth-order valence-electron chi connectivity index (χ4n) is 1.28. The second-order valence-electron chi connectivity index (χ2n) is 2.78. The third-order valence-electron chi connectivity index (χ3n) is 1.98. The lowest BCUT2D eigenvalue weighted by Gasteiger charge is -2.03. The Bertz CT molecular complexity index is 442. The highest BCUT2D eigenvalue weighted by molar-refractivity contribution is 6.17. The summed E-state index contributed by atoms with van der Waals surface area (Å²) in [6.45, 7) is 0. The van der Waals surface area contributed by atoms with Crippen molar-refractivity contribution < 1.29 is 5.11 Å². The van der Waals surface area contributed by atoms with Crippen molar-refractivity contribution >= 4 is 22.5 Å². The van der Waals surface area contributed by atoms with E-state index in [-0.39, 0.29) is 5.75 Å². The number of benzene rings is 1. The number of hydrogen-bond acceptors (Lipinski definition) is 2. The van der Waals surface area contributed by atoms with Crippen LogP contribution < -0.4 is 0 Å². The molecule has 1 aromatic heterocycles. The Morgan fingerprint density at radius 1 is 1.31 bits per heavy atom. The van der Waals surface area contributed by atoms with E-state index < -0.39 is 0 Å². The summed E-state index contributed by atoms with van der Waals surface area (Å²) in [6.07, 6.45) is 1.65. The summed E-state index contributed by atoms with van der Waals surface area (Å²) in [6, 6.07) is 7.45. The minimum Gasteiger partial charge on any atom is -0.505 e. The Morgan fingerprint density at radius 2 is 2.15 bits per heavy atom. The second-order valence-corrected chi connectivity index (χ2v) is 3.05. The van der Waals surface area contributed by atoms with Crippen LogP contribution in [0.5, 0.6) is 5.75 Å². The Labute approximate surface area is 80.8 Å². The predicted molar refractivity (Wildman–Crippen MR) is 53.0 cm³/mol. The molecule has 0 fully saturated rings. The minimum absolute atomic E-state index is 0.188. The average molecular weight is 194 g/mol. The highest BCUT2D eigenvalue weighted by Gasteiger charge is 2.04. The molecule has 0 saturated heterocycles. The summed E-state index contributed by atoms with van der Waals surface area (Å²) in [4.78, 5) is 4.08. The molecule has 2 nitrogen and oxygen atoms in total. The smallest absolute Gasteiger partial charge is 0.146 e. The van der Waals surface area contributed by atoms with Gasteiger partial charge >= 0.3 is 0 Å². The normalized spacial score (nSPS) is 10.5. The van der Waals surface area contributed by atoms with Gasteiger partial charge in [-0.2, -0.15) is 0 Å². The van der Waals surface area contributed by atoms with Gasteiger partial charge in [-0.05, 0) is 6.07 Å². The number of nitrogens with zero attached hydrogens (tertiary/aromatic N) is 1. The van der Waals surface area contributed by atoms with Gasteiger partial charge in [0.1, 0.15) is 11.3 Å². The van der Waals surface area contributed by atoms with E-state index in [4.69, 9.17) is 11.6 Å². The van der Waals surface area contributed by atoms with Crippen LogP contribution in [0.4, 0.5) is 0 Å². The van der Waals surface area contributed by atoms with Crippen molar-refractivity contribution in [1.29, 1.82) is 0 Å². The van der Waals surface area contributed by atoms with E-state index >= 15 is 0 Å². The molecule has 2 aromatic rings. The van der Waals surface area contributed by atoms with Crippen LogP contribution in [0.1, 0.15) is 5.56 Å². The molecule has 0 bridgehead atoms. The van der Waals surface area contributed by atoms with Crippen molar-refractivity contribution in [3.63, 3.8) is 0 Å². The third-order valence-corrected chi connectivity index (χ3v) is 2.26. The molecule has 0 aliphatic carbocycles. The van der Waals surface area contributed by atoms with E-state index in [9.17, 15) is 5.11 Å². The van der Waals surface area contributed by atoms with Gasteiger partial charge in [0.2, 0.25) is 0 Å². The fraction of sp³-hybridized carbons (Fsp3) is 0.100. The van der Waals surface area contributed by atoms with Crippen molar-refractivity contribution in [3.8, 4) is 5.75 Å². The van der Waals surface area contributed by atoms with Gasteiger partial charge in [0.25, 0.3) is 0 Å². The lowest BCUT2D eigenvalue weighted by molar-refractivity contribution is 0.475. The minimum atomic E-state index is 0.188. The van der Waals surface area contributed by atoms with E-state index in [0.29, 0.717) is 17.0 Å². The molecule has 0 saturated carbocycles. The van der Waals surface area contributed by atoms with E-state index in [0.717, 1.165) is 5.39 Å². The number of aromatic hydroxyl groups is 1. The summed E-state index contributed by atoms with van der Waals surface area (Å²) in [5.74, 6) is 0.492. The number of alkyl halides is 1. The summed E-state index contributed by atoms with van der Waals surface area (Å²) >= 11 is 5.64. The van der Waals surface area contributed by atoms with Crippen LogP contribution in [-0.4, -0.2) is 10.1 Å². The molecule has 13 heavy (non-hydrogen) atoms. The van der Waals surface area contributed by atoms with Gasteiger partial charge in [-0.25, -0.2) is 0 Å². The average Bonchev–Trinajstić information content (AvgIpc) is 2.19. The third kappa shape index (κ3) is 1.33. The molecule has 1 N–H and O–H groups in total. The van der Waals surface area contributed by atoms with Gasteiger partial charge in [-0.1, -0.05) is 18.2 Å². The van der Waals surface area contributed by atoms with Crippen LogP contribution in [0.3, 0.4) is 0 Å². The topological polar surface area (TPSA) is 33.1 Å². The monoisotopic (exact) mass is 193 g/mol. The first kappa shape index (κ1) is 8.32. The fourth-order valence-corrected chi connectivity index (χ4v) is 1.49. The molecular weight excluding hydrogens is 186 g/mol. The molecule has 0 atom stereocenters. The number of rotatable bonds is 1. The quantitative estimate of drug-likeness (QED) is 0.707. The van der Waals surface area contributed by atoms with Gasteiger partial charge in [-0.15, -0.1) is 11.6 Å². The SMILES string of the molecule is Oc1c(CCl)ccc2cccnc12. The molecular formula is C10H8ClNO. The molecule has 0 radical (unpaired) electrons. The Kier molecular flexibility index (Phi) is 2.07. The van der Waals surface area contributed by atoms with Crippen LogP contribution in [0.25, 0.3) is 10.9 Å². The first-order valence-corrected chi connectivity index (χ1v) is 4.48. The molecule has 66 valence electrons. The van der Waals surface area contributed by atoms with Crippen molar-refractivity contribution in [1.82, 2.24) is 4.98 Å². The molecule has 1 heterocycles. The standard InChI is InChI=1S/C10H8ClNO/c11-6-8-4-3-7-2-1-5-12-9(7)10(8)13/h1-5,13H,6H2. The van der Waals surface area contributed by atoms with Crippen molar-refractivity contribution in [2.75, 3.05) is 0 Å². The van der Waals surface area contributed by atoms with E-state index in [2.05, 4.69) is 4.98 Å². The van der Waals surface area contributed by atoms with E-state index in [1.165, 1.54) is 0 Å².